The summed E-state index contributed by atoms with van der Waals surface area (Å²) in [6.45, 7) is 4.84. The summed E-state index contributed by atoms with van der Waals surface area (Å²) >= 11 is 0. The van der Waals surface area contributed by atoms with Gasteiger partial charge < -0.3 is 0 Å². The van der Waals surface area contributed by atoms with E-state index in [9.17, 15) is 0 Å². The fourth-order valence-corrected chi connectivity index (χ4v) is 7.28. The van der Waals surface area contributed by atoms with Crippen molar-refractivity contribution >= 4 is 11.6 Å². The Balaban J connectivity index is 1.15. The highest BCUT2D eigenvalue weighted by molar-refractivity contribution is 5.81. The SMILES string of the molecule is CC1=Cc2c(-c3ccccc3)cccc2C1CCCC1C(C)CC2C(c3ccccc3)=CC=CC21. The predicted octanol–water partition coefficient (Wildman–Crippen LogP) is 9.57. The fourth-order valence-electron chi connectivity index (χ4n) is 7.28. The van der Waals surface area contributed by atoms with Crippen molar-refractivity contribution in [2.75, 3.05) is 0 Å². The van der Waals surface area contributed by atoms with Crippen molar-refractivity contribution in [3.63, 3.8) is 0 Å². The third-order valence-corrected chi connectivity index (χ3v) is 8.98. The lowest BCUT2D eigenvalue weighted by Crippen LogP contribution is -2.18. The molecule has 0 heteroatoms. The molecular formula is C35H36. The Bertz CT molecular complexity index is 1270. The number of rotatable bonds is 6. The lowest BCUT2D eigenvalue weighted by molar-refractivity contribution is 0.324. The summed E-state index contributed by atoms with van der Waals surface area (Å²) in [5, 5.41) is 0. The van der Waals surface area contributed by atoms with Gasteiger partial charge in [0.05, 0.1) is 0 Å². The first-order chi connectivity index (χ1) is 17.2. The second-order valence-corrected chi connectivity index (χ2v) is 11.0. The molecule has 0 saturated heterocycles. The zero-order valence-electron chi connectivity index (χ0n) is 21.0. The van der Waals surface area contributed by atoms with Gasteiger partial charge in [0.1, 0.15) is 0 Å². The van der Waals surface area contributed by atoms with Gasteiger partial charge in [-0.25, -0.2) is 0 Å². The van der Waals surface area contributed by atoms with E-state index in [0.29, 0.717) is 17.8 Å². The van der Waals surface area contributed by atoms with Crippen LogP contribution in [0.1, 0.15) is 62.1 Å². The average Bonchev–Trinajstić information content (AvgIpc) is 3.40. The van der Waals surface area contributed by atoms with Crippen LogP contribution in [0, 0.1) is 23.7 Å². The molecule has 0 bridgehead atoms. The molecule has 3 aromatic rings. The Morgan fingerprint density at radius 3 is 2.31 bits per heavy atom. The smallest absolute Gasteiger partial charge is 0.00548 e. The molecular weight excluding hydrogens is 420 g/mol. The number of allylic oxidation sites excluding steroid dienone is 5. The van der Waals surface area contributed by atoms with Crippen molar-refractivity contribution < 1.29 is 0 Å². The van der Waals surface area contributed by atoms with Crippen LogP contribution in [0.5, 0.6) is 0 Å². The van der Waals surface area contributed by atoms with E-state index in [1.165, 1.54) is 59.1 Å². The Kier molecular flexibility index (Phi) is 6.06. The molecule has 35 heavy (non-hydrogen) atoms. The van der Waals surface area contributed by atoms with Crippen LogP contribution in [-0.4, -0.2) is 0 Å². The third-order valence-electron chi connectivity index (χ3n) is 8.98. The minimum absolute atomic E-state index is 0.572. The minimum atomic E-state index is 0.572. The molecule has 1 fully saturated rings. The second kappa shape index (κ2) is 9.50. The molecule has 0 nitrogen and oxygen atoms in total. The lowest BCUT2D eigenvalue weighted by Gasteiger charge is -2.28. The van der Waals surface area contributed by atoms with Gasteiger partial charge >= 0.3 is 0 Å². The standard InChI is InChI=1S/C35H36/c1-24-22-34-30(26-12-5-3-6-13-26)18-10-20-32(34)28(24)16-9-17-29-25(2)23-35-31(19-11-21-33(29)35)27-14-7-4-8-15-27/h3-8,10-15,18-22,25,28-29,33,35H,9,16-17,23H2,1-2H3. The minimum Gasteiger partial charge on any atom is -0.0805 e. The summed E-state index contributed by atoms with van der Waals surface area (Å²) in [5.74, 6) is 3.54. The van der Waals surface area contributed by atoms with Crippen LogP contribution in [0.15, 0.2) is 103 Å². The summed E-state index contributed by atoms with van der Waals surface area (Å²) in [6.07, 6.45) is 14.9. The predicted molar refractivity (Wildman–Crippen MR) is 150 cm³/mol. The number of fused-ring (bicyclic) bond motifs is 2. The van der Waals surface area contributed by atoms with Crippen molar-refractivity contribution in [2.24, 2.45) is 23.7 Å². The normalized spacial score (nSPS) is 26.7. The van der Waals surface area contributed by atoms with Gasteiger partial charge in [-0.3, -0.25) is 0 Å². The molecule has 0 radical (unpaired) electrons. The molecule has 3 aromatic carbocycles. The average molecular weight is 457 g/mol. The van der Waals surface area contributed by atoms with Gasteiger partial charge in [-0.05, 0) is 83.2 Å². The maximum absolute atomic E-state index is 2.52. The van der Waals surface area contributed by atoms with Crippen molar-refractivity contribution in [3.05, 3.63) is 119 Å². The highest BCUT2D eigenvalue weighted by atomic mass is 14.5. The molecule has 176 valence electrons. The fraction of sp³-hybridized carbons (Fsp3) is 0.314. The van der Waals surface area contributed by atoms with Gasteiger partial charge in [-0.15, -0.1) is 0 Å². The monoisotopic (exact) mass is 456 g/mol. The van der Waals surface area contributed by atoms with Crippen LogP contribution >= 0.6 is 0 Å². The first-order valence-electron chi connectivity index (χ1n) is 13.5. The van der Waals surface area contributed by atoms with Crippen LogP contribution < -0.4 is 0 Å². The zero-order valence-corrected chi connectivity index (χ0v) is 21.0. The van der Waals surface area contributed by atoms with Gasteiger partial charge in [0.2, 0.25) is 0 Å². The summed E-state index contributed by atoms with van der Waals surface area (Å²) in [6, 6.07) is 28.8. The first kappa shape index (κ1) is 22.4. The largest absolute Gasteiger partial charge is 0.0805 e. The van der Waals surface area contributed by atoms with Gasteiger partial charge in [0, 0.05) is 5.92 Å². The van der Waals surface area contributed by atoms with Gasteiger partial charge in [-0.1, -0.05) is 122 Å². The van der Waals surface area contributed by atoms with Crippen LogP contribution in [0.4, 0.5) is 0 Å². The maximum atomic E-state index is 2.52. The Morgan fingerprint density at radius 1 is 0.800 bits per heavy atom. The molecule has 6 rings (SSSR count). The van der Waals surface area contributed by atoms with Gasteiger partial charge in [0.15, 0.2) is 0 Å². The van der Waals surface area contributed by atoms with E-state index in [4.69, 9.17) is 0 Å². The summed E-state index contributed by atoms with van der Waals surface area (Å²) in [7, 11) is 0. The van der Waals surface area contributed by atoms with Crippen molar-refractivity contribution in [3.8, 4) is 11.1 Å². The first-order valence-corrected chi connectivity index (χ1v) is 13.5. The van der Waals surface area contributed by atoms with Crippen LogP contribution in [0.25, 0.3) is 22.8 Å². The number of hydrogen-bond acceptors (Lipinski definition) is 0. The topological polar surface area (TPSA) is 0 Å². The van der Waals surface area contributed by atoms with Gasteiger partial charge in [0.25, 0.3) is 0 Å². The van der Waals surface area contributed by atoms with Gasteiger partial charge in [-0.2, -0.15) is 0 Å². The van der Waals surface area contributed by atoms with E-state index >= 15 is 0 Å². The summed E-state index contributed by atoms with van der Waals surface area (Å²) in [4.78, 5) is 0. The van der Waals surface area contributed by atoms with Crippen molar-refractivity contribution in [1.82, 2.24) is 0 Å². The quantitative estimate of drug-likeness (QED) is 0.346. The van der Waals surface area contributed by atoms with E-state index in [-0.39, 0.29) is 0 Å². The van der Waals surface area contributed by atoms with Crippen molar-refractivity contribution in [2.45, 2.75) is 45.4 Å². The molecule has 3 aliphatic carbocycles. The molecule has 0 heterocycles. The molecule has 0 spiro atoms. The van der Waals surface area contributed by atoms with Crippen LogP contribution in [0.2, 0.25) is 0 Å². The zero-order chi connectivity index (χ0) is 23.8. The molecule has 0 aromatic heterocycles. The van der Waals surface area contributed by atoms with Crippen LogP contribution in [0.3, 0.4) is 0 Å². The second-order valence-electron chi connectivity index (χ2n) is 11.0. The summed E-state index contributed by atoms with van der Waals surface area (Å²) in [5.41, 5.74) is 10.2. The molecule has 0 aliphatic heterocycles. The van der Waals surface area contributed by atoms with Crippen LogP contribution in [-0.2, 0) is 0 Å². The number of hydrogen-bond donors (Lipinski definition) is 0. The highest BCUT2D eigenvalue weighted by Gasteiger charge is 2.42. The van der Waals surface area contributed by atoms with E-state index in [1.54, 1.807) is 5.57 Å². The molecule has 0 amide bonds. The van der Waals surface area contributed by atoms with E-state index in [2.05, 4.69) is 117 Å². The molecule has 5 unspecified atom stereocenters. The third kappa shape index (κ3) is 4.14. The Morgan fingerprint density at radius 2 is 1.54 bits per heavy atom. The molecule has 3 aliphatic rings. The van der Waals surface area contributed by atoms with E-state index in [1.807, 2.05) is 0 Å². The van der Waals surface area contributed by atoms with Crippen molar-refractivity contribution in [1.29, 1.82) is 0 Å². The highest BCUT2D eigenvalue weighted by Crippen LogP contribution is 2.52. The van der Waals surface area contributed by atoms with E-state index in [0.717, 1.165) is 11.8 Å². The number of benzene rings is 3. The maximum Gasteiger partial charge on any atom is 0.00548 e. The molecule has 0 N–H and O–H groups in total. The lowest BCUT2D eigenvalue weighted by atomic mass is 9.76. The molecule has 1 saturated carbocycles. The Labute approximate surface area is 211 Å². The summed E-state index contributed by atoms with van der Waals surface area (Å²) < 4.78 is 0. The van der Waals surface area contributed by atoms with E-state index < -0.39 is 0 Å². The molecule has 5 atom stereocenters. The Hall–Kier alpha value is -3.12.